The molecular formula is C18H26N2O3. The van der Waals surface area contributed by atoms with Gasteiger partial charge in [0.25, 0.3) is 5.91 Å². The Kier molecular flexibility index (Phi) is 6.59. The van der Waals surface area contributed by atoms with Crippen LogP contribution >= 0.6 is 0 Å². The normalized spacial score (nSPS) is 17.9. The molecule has 1 aromatic rings. The third-order valence-electron chi connectivity index (χ3n) is 4.31. The van der Waals surface area contributed by atoms with Gasteiger partial charge in [0.2, 0.25) is 0 Å². The Morgan fingerprint density at radius 1 is 1.26 bits per heavy atom. The average Bonchev–Trinajstić information content (AvgIpc) is 3.05. The highest BCUT2D eigenvalue weighted by Crippen LogP contribution is 2.16. The van der Waals surface area contributed by atoms with Crippen LogP contribution in [0.25, 0.3) is 0 Å². The zero-order valence-corrected chi connectivity index (χ0v) is 14.0. The minimum atomic E-state index is -0.110. The number of ketones is 1. The van der Waals surface area contributed by atoms with E-state index in [9.17, 15) is 9.59 Å². The fourth-order valence-corrected chi connectivity index (χ4v) is 2.92. The van der Waals surface area contributed by atoms with E-state index in [-0.39, 0.29) is 18.3 Å². The molecule has 0 spiro atoms. The van der Waals surface area contributed by atoms with E-state index >= 15 is 0 Å². The van der Waals surface area contributed by atoms with Crippen LogP contribution in [0.5, 0.6) is 5.75 Å². The lowest BCUT2D eigenvalue weighted by atomic mass is 10.1. The largest absolute Gasteiger partial charge is 0.484 e. The van der Waals surface area contributed by atoms with Crippen LogP contribution in [0, 0.1) is 0 Å². The van der Waals surface area contributed by atoms with Crippen molar-refractivity contribution in [3.8, 4) is 5.75 Å². The topological polar surface area (TPSA) is 58.6 Å². The molecule has 0 saturated carbocycles. The lowest BCUT2D eigenvalue weighted by Crippen LogP contribution is -2.41. The summed E-state index contributed by atoms with van der Waals surface area (Å²) in [5.74, 6) is 0.594. The van der Waals surface area contributed by atoms with E-state index in [1.807, 2.05) is 6.92 Å². The first-order valence-electron chi connectivity index (χ1n) is 8.40. The minimum Gasteiger partial charge on any atom is -0.484 e. The summed E-state index contributed by atoms with van der Waals surface area (Å²) in [6, 6.07) is 7.37. The molecule has 1 fully saturated rings. The monoisotopic (exact) mass is 318 g/mol. The maximum atomic E-state index is 11.9. The molecule has 1 aromatic carbocycles. The first-order valence-corrected chi connectivity index (χ1v) is 8.40. The Hall–Kier alpha value is -1.88. The number of likely N-dealkylation sites (tertiary alicyclic amines) is 1. The standard InChI is InChI=1S/C18H26N2O3/c1-3-17(21)14-7-9-16(10-8-14)23-13-18(22)19-12-15-6-5-11-20(15)4-2/h7-10,15H,3-6,11-13H2,1-2H3,(H,19,22)/t15-/m0/s1. The Labute approximate surface area is 138 Å². The van der Waals surface area contributed by atoms with E-state index in [0.717, 1.165) is 19.5 Å². The van der Waals surface area contributed by atoms with E-state index in [4.69, 9.17) is 4.74 Å². The average molecular weight is 318 g/mol. The number of benzene rings is 1. The summed E-state index contributed by atoms with van der Waals surface area (Å²) in [5.41, 5.74) is 0.671. The van der Waals surface area contributed by atoms with Crippen molar-refractivity contribution in [1.82, 2.24) is 10.2 Å². The summed E-state index contributed by atoms with van der Waals surface area (Å²) in [4.78, 5) is 25.8. The van der Waals surface area contributed by atoms with Gasteiger partial charge < -0.3 is 10.1 Å². The number of rotatable bonds is 8. The molecule has 0 unspecified atom stereocenters. The van der Waals surface area contributed by atoms with Gasteiger partial charge in [0.05, 0.1) is 0 Å². The molecule has 5 heteroatoms. The summed E-state index contributed by atoms with van der Waals surface area (Å²) in [6.07, 6.45) is 2.83. The minimum absolute atomic E-state index is 0.0000835. The van der Waals surface area contributed by atoms with Crippen molar-refractivity contribution >= 4 is 11.7 Å². The molecule has 1 heterocycles. The number of amides is 1. The molecule has 1 saturated heterocycles. The van der Waals surface area contributed by atoms with Crippen LogP contribution in [0.4, 0.5) is 0 Å². The lowest BCUT2D eigenvalue weighted by molar-refractivity contribution is -0.123. The molecule has 0 aliphatic carbocycles. The van der Waals surface area contributed by atoms with Crippen molar-refractivity contribution in [2.75, 3.05) is 26.2 Å². The van der Waals surface area contributed by atoms with E-state index in [1.54, 1.807) is 24.3 Å². The SMILES string of the molecule is CCC(=O)c1ccc(OCC(=O)NC[C@@H]2CCCN2CC)cc1. The summed E-state index contributed by atoms with van der Waals surface area (Å²) in [5, 5.41) is 2.94. The maximum Gasteiger partial charge on any atom is 0.257 e. The molecule has 0 radical (unpaired) electrons. The highest BCUT2D eigenvalue weighted by atomic mass is 16.5. The molecule has 23 heavy (non-hydrogen) atoms. The maximum absolute atomic E-state index is 11.9. The second-order valence-corrected chi connectivity index (χ2v) is 5.82. The van der Waals surface area contributed by atoms with Crippen LogP contribution in [-0.2, 0) is 4.79 Å². The van der Waals surface area contributed by atoms with Gasteiger partial charge in [-0.05, 0) is 50.2 Å². The number of hydrogen-bond donors (Lipinski definition) is 1. The molecular weight excluding hydrogens is 292 g/mol. The first kappa shape index (κ1) is 17.5. The fourth-order valence-electron chi connectivity index (χ4n) is 2.92. The Morgan fingerprint density at radius 3 is 2.65 bits per heavy atom. The van der Waals surface area contributed by atoms with Crippen molar-refractivity contribution in [2.24, 2.45) is 0 Å². The number of nitrogens with one attached hydrogen (secondary N) is 1. The van der Waals surface area contributed by atoms with Gasteiger partial charge in [-0.25, -0.2) is 0 Å². The van der Waals surface area contributed by atoms with Gasteiger partial charge in [-0.1, -0.05) is 13.8 Å². The number of carbonyl (C=O) groups is 2. The number of nitrogens with zero attached hydrogens (tertiary/aromatic N) is 1. The van der Waals surface area contributed by atoms with Crippen LogP contribution in [0.3, 0.4) is 0 Å². The highest BCUT2D eigenvalue weighted by Gasteiger charge is 2.23. The van der Waals surface area contributed by atoms with Crippen LogP contribution in [0.15, 0.2) is 24.3 Å². The number of likely N-dealkylation sites (N-methyl/N-ethyl adjacent to an activating group) is 1. The molecule has 2 rings (SSSR count). The van der Waals surface area contributed by atoms with Crippen LogP contribution < -0.4 is 10.1 Å². The molecule has 1 aliphatic heterocycles. The van der Waals surface area contributed by atoms with Crippen molar-refractivity contribution < 1.29 is 14.3 Å². The summed E-state index contributed by atoms with van der Waals surface area (Å²) in [7, 11) is 0. The lowest BCUT2D eigenvalue weighted by Gasteiger charge is -2.22. The second kappa shape index (κ2) is 8.67. The van der Waals surface area contributed by atoms with Crippen LogP contribution in [-0.4, -0.2) is 48.9 Å². The Balaban J connectivity index is 1.72. The quantitative estimate of drug-likeness (QED) is 0.747. The molecule has 1 aliphatic rings. The third-order valence-corrected chi connectivity index (χ3v) is 4.31. The molecule has 1 N–H and O–H groups in total. The number of carbonyl (C=O) groups excluding carboxylic acids is 2. The first-order chi connectivity index (χ1) is 11.1. The summed E-state index contributed by atoms with van der Waals surface area (Å²) < 4.78 is 5.47. The number of Topliss-reactive ketones (excluding diaryl/α,β-unsaturated/α-hetero) is 1. The van der Waals surface area contributed by atoms with Gasteiger partial charge in [-0.2, -0.15) is 0 Å². The fraction of sp³-hybridized carbons (Fsp3) is 0.556. The zero-order valence-electron chi connectivity index (χ0n) is 14.0. The van der Waals surface area contributed by atoms with Gasteiger partial charge in [0, 0.05) is 24.6 Å². The summed E-state index contributed by atoms with van der Waals surface area (Å²) in [6.45, 7) is 6.81. The Bertz CT molecular complexity index is 528. The predicted octanol–water partition coefficient (Wildman–Crippen LogP) is 2.26. The smallest absolute Gasteiger partial charge is 0.257 e. The highest BCUT2D eigenvalue weighted by molar-refractivity contribution is 5.95. The van der Waals surface area contributed by atoms with E-state index < -0.39 is 0 Å². The zero-order chi connectivity index (χ0) is 16.7. The van der Waals surface area contributed by atoms with Gasteiger partial charge in [-0.3, -0.25) is 14.5 Å². The van der Waals surface area contributed by atoms with Gasteiger partial charge in [0.15, 0.2) is 12.4 Å². The molecule has 1 atom stereocenters. The Morgan fingerprint density at radius 2 is 2.00 bits per heavy atom. The van der Waals surface area contributed by atoms with Crippen molar-refractivity contribution in [3.63, 3.8) is 0 Å². The second-order valence-electron chi connectivity index (χ2n) is 5.82. The van der Waals surface area contributed by atoms with Crippen LogP contribution in [0.2, 0.25) is 0 Å². The van der Waals surface area contributed by atoms with Gasteiger partial charge in [-0.15, -0.1) is 0 Å². The third kappa shape index (κ3) is 5.06. The number of hydrogen-bond acceptors (Lipinski definition) is 4. The predicted molar refractivity (Wildman–Crippen MR) is 89.8 cm³/mol. The van der Waals surface area contributed by atoms with E-state index in [0.29, 0.717) is 30.3 Å². The van der Waals surface area contributed by atoms with Gasteiger partial charge in [0.1, 0.15) is 5.75 Å². The molecule has 0 bridgehead atoms. The summed E-state index contributed by atoms with van der Waals surface area (Å²) >= 11 is 0. The van der Waals surface area contributed by atoms with Crippen molar-refractivity contribution in [2.45, 2.75) is 39.2 Å². The van der Waals surface area contributed by atoms with E-state index in [2.05, 4.69) is 17.1 Å². The van der Waals surface area contributed by atoms with E-state index in [1.165, 1.54) is 6.42 Å². The van der Waals surface area contributed by atoms with Crippen LogP contribution in [0.1, 0.15) is 43.5 Å². The molecule has 0 aromatic heterocycles. The molecule has 1 amide bonds. The number of ether oxygens (including phenoxy) is 1. The van der Waals surface area contributed by atoms with Crippen molar-refractivity contribution in [1.29, 1.82) is 0 Å². The van der Waals surface area contributed by atoms with Gasteiger partial charge >= 0.3 is 0 Å². The molecule has 5 nitrogen and oxygen atoms in total. The molecule has 126 valence electrons. The van der Waals surface area contributed by atoms with Crippen molar-refractivity contribution in [3.05, 3.63) is 29.8 Å².